The van der Waals surface area contributed by atoms with Gasteiger partial charge in [0.1, 0.15) is 0 Å². The predicted molar refractivity (Wildman–Crippen MR) is 89.3 cm³/mol. The lowest BCUT2D eigenvalue weighted by Crippen LogP contribution is -2.07. The molecule has 0 radical (unpaired) electrons. The Kier molecular flexibility index (Phi) is 3.85. The van der Waals surface area contributed by atoms with Crippen LogP contribution in [0.2, 0.25) is 0 Å². The highest BCUT2D eigenvalue weighted by molar-refractivity contribution is 7.85. The SMILES string of the molecule is Nc1cnc(S(=O)(=O)O)c(-c2ccccc2)c1-c1ccccc1. The largest absolute Gasteiger partial charge is 0.397 e. The summed E-state index contributed by atoms with van der Waals surface area (Å²) < 4.78 is 33.1. The van der Waals surface area contributed by atoms with Gasteiger partial charge in [0.05, 0.1) is 11.9 Å². The molecule has 0 aliphatic carbocycles. The lowest BCUT2D eigenvalue weighted by Gasteiger charge is -2.15. The van der Waals surface area contributed by atoms with Crippen molar-refractivity contribution in [2.45, 2.75) is 5.03 Å². The second-order valence-corrected chi connectivity index (χ2v) is 6.31. The summed E-state index contributed by atoms with van der Waals surface area (Å²) >= 11 is 0. The fraction of sp³-hybridized carbons (Fsp3) is 0. The number of rotatable bonds is 3. The predicted octanol–water partition coefficient (Wildman–Crippen LogP) is 3.24. The van der Waals surface area contributed by atoms with Crippen molar-refractivity contribution >= 4 is 15.8 Å². The van der Waals surface area contributed by atoms with Gasteiger partial charge in [0.2, 0.25) is 0 Å². The summed E-state index contributed by atoms with van der Waals surface area (Å²) in [5.41, 5.74) is 8.57. The van der Waals surface area contributed by atoms with E-state index in [0.29, 0.717) is 22.4 Å². The number of hydrogen-bond acceptors (Lipinski definition) is 4. The van der Waals surface area contributed by atoms with Crippen molar-refractivity contribution in [1.29, 1.82) is 0 Å². The third kappa shape index (κ3) is 2.94. The molecule has 0 bridgehead atoms. The molecule has 0 aliphatic rings. The topological polar surface area (TPSA) is 93.3 Å². The molecule has 1 heterocycles. The Morgan fingerprint density at radius 3 is 1.78 bits per heavy atom. The number of pyridine rings is 1. The van der Waals surface area contributed by atoms with Crippen molar-refractivity contribution in [3.63, 3.8) is 0 Å². The van der Waals surface area contributed by atoms with Gasteiger partial charge < -0.3 is 5.73 Å². The zero-order valence-electron chi connectivity index (χ0n) is 12.0. The smallest absolute Gasteiger partial charge is 0.312 e. The molecular weight excluding hydrogens is 312 g/mol. The molecular formula is C17H14N2O3S. The minimum absolute atomic E-state index is 0.291. The van der Waals surface area contributed by atoms with Gasteiger partial charge in [-0.05, 0) is 11.1 Å². The van der Waals surface area contributed by atoms with Crippen LogP contribution in [0, 0.1) is 0 Å². The molecule has 6 heteroatoms. The van der Waals surface area contributed by atoms with Crippen molar-refractivity contribution in [3.8, 4) is 22.3 Å². The fourth-order valence-electron chi connectivity index (χ4n) is 2.49. The number of anilines is 1. The van der Waals surface area contributed by atoms with E-state index in [1.54, 1.807) is 24.3 Å². The summed E-state index contributed by atoms with van der Waals surface area (Å²) in [5.74, 6) is 0. The van der Waals surface area contributed by atoms with Gasteiger partial charge in [-0.25, -0.2) is 4.98 Å². The Morgan fingerprint density at radius 2 is 1.30 bits per heavy atom. The average Bonchev–Trinajstić information content (AvgIpc) is 2.55. The van der Waals surface area contributed by atoms with E-state index in [-0.39, 0.29) is 0 Å². The molecule has 1 aromatic heterocycles. The quantitative estimate of drug-likeness (QED) is 0.721. The zero-order valence-corrected chi connectivity index (χ0v) is 12.9. The van der Waals surface area contributed by atoms with E-state index in [1.165, 1.54) is 6.20 Å². The van der Waals surface area contributed by atoms with Crippen LogP contribution in [-0.4, -0.2) is 18.0 Å². The van der Waals surface area contributed by atoms with Crippen LogP contribution in [0.15, 0.2) is 71.9 Å². The lowest BCUT2D eigenvalue weighted by molar-refractivity contribution is 0.480. The van der Waals surface area contributed by atoms with Crippen molar-refractivity contribution in [3.05, 3.63) is 66.9 Å². The van der Waals surface area contributed by atoms with E-state index in [2.05, 4.69) is 4.98 Å². The highest BCUT2D eigenvalue weighted by atomic mass is 32.2. The molecule has 3 N–H and O–H groups in total. The summed E-state index contributed by atoms with van der Waals surface area (Å²) in [6.07, 6.45) is 1.25. The van der Waals surface area contributed by atoms with Crippen LogP contribution in [0.5, 0.6) is 0 Å². The van der Waals surface area contributed by atoms with Gasteiger partial charge in [0.25, 0.3) is 0 Å². The highest BCUT2D eigenvalue weighted by Crippen LogP contribution is 2.39. The van der Waals surface area contributed by atoms with Crippen LogP contribution in [0.4, 0.5) is 5.69 Å². The molecule has 0 saturated carbocycles. The van der Waals surface area contributed by atoms with Crippen molar-refractivity contribution in [2.75, 3.05) is 5.73 Å². The Balaban J connectivity index is 2.44. The molecule has 0 unspecified atom stereocenters. The second kappa shape index (κ2) is 5.83. The summed E-state index contributed by atoms with van der Waals surface area (Å²) in [6.45, 7) is 0. The molecule has 116 valence electrons. The minimum atomic E-state index is -4.50. The van der Waals surface area contributed by atoms with E-state index in [4.69, 9.17) is 5.73 Å². The summed E-state index contributed by atoms with van der Waals surface area (Å²) in [4.78, 5) is 3.85. The molecule has 0 fully saturated rings. The number of nitrogens with zero attached hydrogens (tertiary/aromatic N) is 1. The monoisotopic (exact) mass is 326 g/mol. The minimum Gasteiger partial charge on any atom is -0.397 e. The third-order valence-electron chi connectivity index (χ3n) is 3.44. The zero-order chi connectivity index (χ0) is 16.4. The molecule has 0 aliphatic heterocycles. The first-order valence-electron chi connectivity index (χ1n) is 6.85. The Labute approximate surface area is 134 Å². The molecule has 2 aromatic carbocycles. The first kappa shape index (κ1) is 15.2. The van der Waals surface area contributed by atoms with E-state index >= 15 is 0 Å². The van der Waals surface area contributed by atoms with Gasteiger partial charge in [-0.2, -0.15) is 8.42 Å². The molecule has 3 aromatic rings. The van der Waals surface area contributed by atoms with E-state index in [9.17, 15) is 13.0 Å². The summed E-state index contributed by atoms with van der Waals surface area (Å²) in [5, 5.41) is -0.406. The maximum Gasteiger partial charge on any atom is 0.312 e. The number of nitrogens with two attached hydrogens (primary N) is 1. The standard InChI is InChI=1S/C17H14N2O3S/c18-14-11-19-17(23(20,21)22)16(13-9-5-2-6-10-13)15(14)12-7-3-1-4-8-12/h1-11H,18H2,(H,20,21,22). The fourth-order valence-corrected chi connectivity index (χ4v) is 3.16. The van der Waals surface area contributed by atoms with Gasteiger partial charge in [0, 0.05) is 11.1 Å². The van der Waals surface area contributed by atoms with Crippen molar-refractivity contribution < 1.29 is 13.0 Å². The van der Waals surface area contributed by atoms with Crippen LogP contribution in [0.3, 0.4) is 0 Å². The highest BCUT2D eigenvalue weighted by Gasteiger charge is 2.24. The van der Waals surface area contributed by atoms with E-state index < -0.39 is 15.1 Å². The number of hydrogen-bond donors (Lipinski definition) is 2. The summed E-state index contributed by atoms with van der Waals surface area (Å²) in [6, 6.07) is 18.0. The van der Waals surface area contributed by atoms with Crippen LogP contribution in [-0.2, 0) is 10.1 Å². The Bertz CT molecular complexity index is 940. The Hall–Kier alpha value is -2.70. The number of aromatic nitrogens is 1. The third-order valence-corrected chi connectivity index (χ3v) is 4.24. The van der Waals surface area contributed by atoms with E-state index in [1.807, 2.05) is 36.4 Å². The van der Waals surface area contributed by atoms with Crippen molar-refractivity contribution in [2.24, 2.45) is 0 Å². The summed E-state index contributed by atoms with van der Waals surface area (Å²) in [7, 11) is -4.50. The van der Waals surface area contributed by atoms with E-state index in [0.717, 1.165) is 5.56 Å². The number of nitrogen functional groups attached to an aromatic ring is 1. The van der Waals surface area contributed by atoms with Crippen molar-refractivity contribution in [1.82, 2.24) is 4.98 Å². The average molecular weight is 326 g/mol. The normalized spacial score (nSPS) is 11.3. The first-order valence-corrected chi connectivity index (χ1v) is 8.29. The molecule has 0 amide bonds. The molecule has 0 spiro atoms. The van der Waals surface area contributed by atoms with Gasteiger partial charge in [-0.1, -0.05) is 60.7 Å². The molecule has 0 saturated heterocycles. The lowest BCUT2D eigenvalue weighted by atomic mass is 9.95. The van der Waals surface area contributed by atoms with Gasteiger partial charge in [-0.15, -0.1) is 0 Å². The van der Waals surface area contributed by atoms with Gasteiger partial charge >= 0.3 is 10.1 Å². The number of benzene rings is 2. The second-order valence-electron chi connectivity index (χ2n) is 4.98. The molecule has 0 atom stereocenters. The molecule has 5 nitrogen and oxygen atoms in total. The maximum absolute atomic E-state index is 11.8. The van der Waals surface area contributed by atoms with Crippen LogP contribution in [0.25, 0.3) is 22.3 Å². The molecule has 3 rings (SSSR count). The first-order chi connectivity index (χ1) is 11.0. The van der Waals surface area contributed by atoms with Gasteiger partial charge in [-0.3, -0.25) is 4.55 Å². The molecule has 23 heavy (non-hydrogen) atoms. The van der Waals surface area contributed by atoms with Gasteiger partial charge in [0.15, 0.2) is 5.03 Å². The Morgan fingerprint density at radius 1 is 0.826 bits per heavy atom. The maximum atomic E-state index is 11.8. The van der Waals surface area contributed by atoms with Crippen LogP contribution < -0.4 is 5.73 Å². The van der Waals surface area contributed by atoms with Crippen LogP contribution in [0.1, 0.15) is 0 Å². The van der Waals surface area contributed by atoms with Crippen LogP contribution >= 0.6 is 0 Å².